The monoisotopic (exact) mass is 290 g/mol. The summed E-state index contributed by atoms with van der Waals surface area (Å²) in [7, 11) is 1.42. The number of pyridine rings is 1. The van der Waals surface area contributed by atoms with Gasteiger partial charge in [-0.05, 0) is 6.07 Å². The lowest BCUT2D eigenvalue weighted by Gasteiger charge is -2.11. The van der Waals surface area contributed by atoms with Crippen LogP contribution in [0.1, 0.15) is 23.4 Å². The predicted octanol–water partition coefficient (Wildman–Crippen LogP) is 2.99. The first kappa shape index (κ1) is 12.8. The number of ether oxygens (including phenoxy) is 1. The Hall–Kier alpha value is -1.22. The van der Waals surface area contributed by atoms with Gasteiger partial charge in [-0.25, -0.2) is 13.8 Å². The van der Waals surface area contributed by atoms with Crippen LogP contribution in [0.3, 0.4) is 0 Å². The molecule has 0 aliphatic heterocycles. The van der Waals surface area contributed by atoms with Gasteiger partial charge in [0.2, 0.25) is 0 Å². The van der Waals surface area contributed by atoms with Crippen LogP contribution in [-0.4, -0.2) is 12.1 Å². The van der Waals surface area contributed by atoms with E-state index in [-0.39, 0.29) is 17.8 Å². The van der Waals surface area contributed by atoms with Crippen LogP contribution in [0.4, 0.5) is 8.78 Å². The van der Waals surface area contributed by atoms with E-state index >= 15 is 0 Å². The predicted molar refractivity (Wildman–Crippen MR) is 57.7 cm³/mol. The summed E-state index contributed by atoms with van der Waals surface area (Å²) < 4.78 is 30.1. The third-order valence-corrected chi connectivity index (χ3v) is 2.56. The molecule has 0 amide bonds. The van der Waals surface area contributed by atoms with Crippen molar-refractivity contribution in [1.82, 2.24) is 4.98 Å². The Morgan fingerprint density at radius 3 is 2.75 bits per heavy atom. The fourth-order valence-electron chi connectivity index (χ4n) is 1.32. The maximum absolute atomic E-state index is 12.5. The number of nitriles is 1. The highest BCUT2D eigenvalue weighted by atomic mass is 79.9. The highest BCUT2D eigenvalue weighted by Crippen LogP contribution is 2.29. The van der Waals surface area contributed by atoms with Gasteiger partial charge in [-0.1, -0.05) is 15.9 Å². The molecule has 0 aliphatic rings. The number of hydrogen-bond donors (Lipinski definition) is 0. The van der Waals surface area contributed by atoms with Crippen molar-refractivity contribution >= 4 is 15.9 Å². The lowest BCUT2D eigenvalue weighted by atomic mass is 10.1. The van der Waals surface area contributed by atoms with Crippen molar-refractivity contribution in [3.8, 4) is 11.8 Å². The molecular weight excluding hydrogens is 282 g/mol. The third-order valence-electron chi connectivity index (χ3n) is 1.96. The van der Waals surface area contributed by atoms with Crippen LogP contribution >= 0.6 is 15.9 Å². The highest BCUT2D eigenvalue weighted by Gasteiger charge is 2.17. The number of nitrogens with zero attached hydrogens (tertiary/aromatic N) is 2. The molecule has 6 heteroatoms. The molecule has 0 N–H and O–H groups in total. The first-order chi connectivity index (χ1) is 7.63. The van der Waals surface area contributed by atoms with Crippen molar-refractivity contribution in [2.75, 3.05) is 7.11 Å². The van der Waals surface area contributed by atoms with Crippen molar-refractivity contribution in [3.63, 3.8) is 0 Å². The zero-order chi connectivity index (χ0) is 12.1. The van der Waals surface area contributed by atoms with E-state index in [0.29, 0.717) is 16.6 Å². The van der Waals surface area contributed by atoms with Gasteiger partial charge < -0.3 is 4.74 Å². The van der Waals surface area contributed by atoms with E-state index < -0.39 is 6.43 Å². The molecule has 1 aromatic heterocycles. The minimum absolute atomic E-state index is 0.0519. The van der Waals surface area contributed by atoms with Crippen LogP contribution in [0.15, 0.2) is 6.07 Å². The summed E-state index contributed by atoms with van der Waals surface area (Å²) in [5.41, 5.74) is 0.482. The molecule has 0 radical (unpaired) electrons. The number of aromatic nitrogens is 1. The van der Waals surface area contributed by atoms with E-state index in [1.165, 1.54) is 13.2 Å². The van der Waals surface area contributed by atoms with Crippen molar-refractivity contribution in [3.05, 3.63) is 23.0 Å². The molecule has 0 aromatic carbocycles. The first-order valence-electron chi connectivity index (χ1n) is 4.41. The molecule has 1 aromatic rings. The van der Waals surface area contributed by atoms with Gasteiger partial charge in [0.05, 0.1) is 25.3 Å². The van der Waals surface area contributed by atoms with E-state index in [1.54, 1.807) is 0 Å². The highest BCUT2D eigenvalue weighted by molar-refractivity contribution is 9.08. The second kappa shape index (κ2) is 5.75. The molecule has 0 spiro atoms. The van der Waals surface area contributed by atoms with Gasteiger partial charge in [-0.3, -0.25) is 0 Å². The molecule has 3 nitrogen and oxygen atoms in total. The van der Waals surface area contributed by atoms with E-state index in [4.69, 9.17) is 10.00 Å². The summed E-state index contributed by atoms with van der Waals surface area (Å²) >= 11 is 3.18. The second-order valence-electron chi connectivity index (χ2n) is 2.96. The minimum Gasteiger partial charge on any atom is -0.494 e. The third kappa shape index (κ3) is 2.67. The fraction of sp³-hybridized carbons (Fsp3) is 0.400. The lowest BCUT2D eigenvalue weighted by molar-refractivity contribution is 0.145. The van der Waals surface area contributed by atoms with Crippen molar-refractivity contribution in [2.24, 2.45) is 0 Å². The summed E-state index contributed by atoms with van der Waals surface area (Å²) in [5.74, 6) is 0.392. The molecular formula is C10H9BrF2N2O. The van der Waals surface area contributed by atoms with E-state index in [0.717, 1.165) is 0 Å². The van der Waals surface area contributed by atoms with Crippen LogP contribution < -0.4 is 4.74 Å². The normalized spacial score (nSPS) is 10.2. The van der Waals surface area contributed by atoms with Gasteiger partial charge >= 0.3 is 0 Å². The molecule has 0 aliphatic carbocycles. The Bertz CT molecular complexity index is 418. The molecule has 0 saturated carbocycles. The summed E-state index contributed by atoms with van der Waals surface area (Å²) in [5, 5.41) is 8.96. The second-order valence-corrected chi connectivity index (χ2v) is 3.52. The molecule has 0 fully saturated rings. The zero-order valence-corrected chi connectivity index (χ0v) is 10.1. The van der Waals surface area contributed by atoms with Crippen LogP contribution in [0.2, 0.25) is 0 Å². The zero-order valence-electron chi connectivity index (χ0n) is 8.51. The Morgan fingerprint density at radius 2 is 2.31 bits per heavy atom. The van der Waals surface area contributed by atoms with Crippen molar-refractivity contribution < 1.29 is 13.5 Å². The van der Waals surface area contributed by atoms with Gasteiger partial charge in [0, 0.05) is 10.9 Å². The van der Waals surface area contributed by atoms with Crippen LogP contribution in [0.5, 0.6) is 5.75 Å². The number of rotatable bonds is 4. The smallest absolute Gasteiger partial charge is 0.280 e. The molecule has 86 valence electrons. The topological polar surface area (TPSA) is 45.9 Å². The Morgan fingerprint density at radius 1 is 1.62 bits per heavy atom. The number of halogens is 3. The van der Waals surface area contributed by atoms with E-state index in [2.05, 4.69) is 20.9 Å². The summed E-state index contributed by atoms with van der Waals surface area (Å²) in [4.78, 5) is 3.72. The van der Waals surface area contributed by atoms with Crippen LogP contribution in [-0.2, 0) is 11.8 Å². The van der Waals surface area contributed by atoms with Gasteiger partial charge in [0.1, 0.15) is 11.4 Å². The summed E-state index contributed by atoms with van der Waals surface area (Å²) in [6.45, 7) is 0. The molecule has 1 rings (SSSR count). The first-order valence-corrected chi connectivity index (χ1v) is 5.54. The molecule has 0 bridgehead atoms. The van der Waals surface area contributed by atoms with Crippen LogP contribution in [0.25, 0.3) is 0 Å². The maximum Gasteiger partial charge on any atom is 0.280 e. The van der Waals surface area contributed by atoms with Gasteiger partial charge in [-0.2, -0.15) is 5.26 Å². The fourth-order valence-corrected chi connectivity index (χ4v) is 1.74. The summed E-state index contributed by atoms with van der Waals surface area (Å²) in [6, 6.07) is 3.15. The van der Waals surface area contributed by atoms with E-state index in [9.17, 15) is 8.78 Å². The average molecular weight is 291 g/mol. The number of alkyl halides is 3. The van der Waals surface area contributed by atoms with Gasteiger partial charge in [0.25, 0.3) is 6.43 Å². The standard InChI is InChI=1S/C10H9BrF2N2O/c1-16-9-6(5-11)4-8(10(12)13)15-7(9)2-3-14/h4,10H,2,5H2,1H3. The summed E-state index contributed by atoms with van der Waals surface area (Å²) in [6.07, 6.45) is -2.70. The van der Waals surface area contributed by atoms with Crippen molar-refractivity contribution in [1.29, 1.82) is 5.26 Å². The Balaban J connectivity index is 3.32. The SMILES string of the molecule is COc1c(CBr)cc(C(F)F)nc1CC#N. The van der Waals surface area contributed by atoms with Crippen molar-refractivity contribution in [2.45, 2.75) is 18.2 Å². The molecule has 0 atom stereocenters. The quantitative estimate of drug-likeness (QED) is 0.801. The molecule has 0 unspecified atom stereocenters. The largest absolute Gasteiger partial charge is 0.494 e. The molecule has 16 heavy (non-hydrogen) atoms. The lowest BCUT2D eigenvalue weighted by Crippen LogP contribution is -2.03. The maximum atomic E-state index is 12.5. The van der Waals surface area contributed by atoms with Crippen LogP contribution in [0, 0.1) is 11.3 Å². The average Bonchev–Trinajstić information content (AvgIpc) is 2.28. The van der Waals surface area contributed by atoms with Gasteiger partial charge in [-0.15, -0.1) is 0 Å². The Labute approximate surface area is 100 Å². The minimum atomic E-state index is -2.65. The van der Waals surface area contributed by atoms with E-state index in [1.807, 2.05) is 6.07 Å². The number of methoxy groups -OCH3 is 1. The number of hydrogen-bond acceptors (Lipinski definition) is 3. The molecule has 0 saturated heterocycles. The molecule has 1 heterocycles. The van der Waals surface area contributed by atoms with Gasteiger partial charge in [0.15, 0.2) is 0 Å². The Kier molecular flexibility index (Phi) is 4.62.